The Balaban J connectivity index is 1.82. The molecule has 2 heterocycles. The normalized spacial score (nSPS) is 39.6. The second kappa shape index (κ2) is 15.1. The van der Waals surface area contributed by atoms with Crippen molar-refractivity contribution in [1.29, 1.82) is 0 Å². The average molecular weight is 499 g/mol. The van der Waals surface area contributed by atoms with E-state index in [9.17, 15) is 35.7 Å². The van der Waals surface area contributed by atoms with Gasteiger partial charge in [-0.1, -0.05) is 51.9 Å². The van der Waals surface area contributed by atoms with Gasteiger partial charge in [0.1, 0.15) is 54.3 Å². The molecule has 2 fully saturated rings. The minimum Gasteiger partial charge on any atom is -0.394 e. The van der Waals surface area contributed by atoms with Crippen LogP contribution >= 0.6 is 11.8 Å². The van der Waals surface area contributed by atoms with Crippen LogP contribution in [0.4, 0.5) is 0 Å². The molecule has 0 radical (unpaired) electrons. The maximum absolute atomic E-state index is 10.6. The van der Waals surface area contributed by atoms with Gasteiger partial charge in [-0.25, -0.2) is 0 Å². The second-order valence-corrected chi connectivity index (χ2v) is 10.1. The molecule has 0 spiro atoms. The van der Waals surface area contributed by atoms with Gasteiger partial charge in [0.15, 0.2) is 6.29 Å². The zero-order valence-electron chi connectivity index (χ0n) is 19.3. The zero-order chi connectivity index (χ0) is 24.4. The van der Waals surface area contributed by atoms with Gasteiger partial charge in [0.2, 0.25) is 0 Å². The summed E-state index contributed by atoms with van der Waals surface area (Å²) in [6, 6.07) is 0. The average Bonchev–Trinajstić information content (AvgIpc) is 2.82. The van der Waals surface area contributed by atoms with Crippen LogP contribution in [0.1, 0.15) is 58.3 Å². The van der Waals surface area contributed by atoms with Gasteiger partial charge in [-0.3, -0.25) is 0 Å². The van der Waals surface area contributed by atoms with Crippen LogP contribution in [-0.4, -0.2) is 115 Å². The summed E-state index contributed by atoms with van der Waals surface area (Å²) in [5.74, 6) is 0.736. The Hall–Kier alpha value is -0.0500. The minimum atomic E-state index is -1.67. The molecule has 0 amide bonds. The highest BCUT2D eigenvalue weighted by molar-refractivity contribution is 7.99. The van der Waals surface area contributed by atoms with Crippen LogP contribution in [0.25, 0.3) is 0 Å². The number of hydrogen-bond donors (Lipinski definition) is 7. The quantitative estimate of drug-likeness (QED) is 0.154. The predicted molar refractivity (Wildman–Crippen MR) is 121 cm³/mol. The van der Waals surface area contributed by atoms with Gasteiger partial charge in [-0.15, -0.1) is 11.8 Å². The summed E-state index contributed by atoms with van der Waals surface area (Å²) in [6.07, 6.45) is -3.10. The molecule has 196 valence electrons. The maximum atomic E-state index is 10.6. The van der Waals surface area contributed by atoms with Crippen molar-refractivity contribution in [2.45, 2.75) is 119 Å². The zero-order valence-corrected chi connectivity index (χ0v) is 20.1. The number of rotatable bonds is 14. The van der Waals surface area contributed by atoms with Gasteiger partial charge in [0.05, 0.1) is 13.2 Å². The van der Waals surface area contributed by atoms with Crippen molar-refractivity contribution < 1.29 is 50.0 Å². The first-order valence-corrected chi connectivity index (χ1v) is 13.1. The van der Waals surface area contributed by atoms with Crippen molar-refractivity contribution >= 4 is 11.8 Å². The highest BCUT2D eigenvalue weighted by Gasteiger charge is 2.50. The van der Waals surface area contributed by atoms with Gasteiger partial charge >= 0.3 is 0 Å². The molecule has 0 bridgehead atoms. The van der Waals surface area contributed by atoms with E-state index in [1.54, 1.807) is 0 Å². The third-order valence-corrected chi connectivity index (χ3v) is 7.48. The van der Waals surface area contributed by atoms with E-state index < -0.39 is 73.8 Å². The molecule has 2 rings (SSSR count). The third kappa shape index (κ3) is 8.25. The Labute approximate surface area is 199 Å². The van der Waals surface area contributed by atoms with Gasteiger partial charge in [-0.2, -0.15) is 0 Å². The van der Waals surface area contributed by atoms with Crippen LogP contribution in [0.3, 0.4) is 0 Å². The van der Waals surface area contributed by atoms with Gasteiger partial charge in [-0.05, 0) is 12.2 Å². The standard InChI is InChI=1S/C22H42O10S/c1-2-3-4-5-6-7-8-9-10-33-22-19(29)17(27)20(14(12-24)31-22)32-21-18(28)16(26)15(25)13(11-23)30-21/h13-29H,2-12H2,1H3. The number of thioether (sulfide) groups is 1. The van der Waals surface area contributed by atoms with Crippen LogP contribution in [0.5, 0.6) is 0 Å². The molecule has 0 aromatic rings. The molecule has 10 atom stereocenters. The van der Waals surface area contributed by atoms with E-state index in [-0.39, 0.29) is 0 Å². The van der Waals surface area contributed by atoms with Crippen LogP contribution in [0.2, 0.25) is 0 Å². The summed E-state index contributed by atoms with van der Waals surface area (Å²) in [7, 11) is 0. The molecule has 2 aliphatic rings. The van der Waals surface area contributed by atoms with E-state index in [2.05, 4.69) is 6.92 Å². The van der Waals surface area contributed by atoms with Crippen LogP contribution < -0.4 is 0 Å². The molecule has 0 aliphatic carbocycles. The monoisotopic (exact) mass is 498 g/mol. The topological polar surface area (TPSA) is 169 Å². The molecule has 0 saturated carbocycles. The minimum absolute atomic E-state index is 0.513. The lowest BCUT2D eigenvalue weighted by Gasteiger charge is -2.46. The van der Waals surface area contributed by atoms with Gasteiger partial charge < -0.3 is 50.0 Å². The third-order valence-electron chi connectivity index (χ3n) is 6.24. The Morgan fingerprint density at radius 1 is 0.667 bits per heavy atom. The number of unbranched alkanes of at least 4 members (excludes halogenated alkanes) is 7. The molecule has 0 aromatic carbocycles. The van der Waals surface area contributed by atoms with Crippen LogP contribution in [0.15, 0.2) is 0 Å². The van der Waals surface area contributed by atoms with Crippen molar-refractivity contribution in [1.82, 2.24) is 0 Å². The largest absolute Gasteiger partial charge is 0.394 e. The first-order chi connectivity index (χ1) is 15.8. The van der Waals surface area contributed by atoms with Crippen LogP contribution in [-0.2, 0) is 14.2 Å². The molecule has 2 saturated heterocycles. The van der Waals surface area contributed by atoms with Crippen molar-refractivity contribution in [2.75, 3.05) is 19.0 Å². The van der Waals surface area contributed by atoms with E-state index in [4.69, 9.17) is 14.2 Å². The fourth-order valence-electron chi connectivity index (χ4n) is 4.13. The summed E-state index contributed by atoms with van der Waals surface area (Å²) in [5, 5.41) is 70.2. The van der Waals surface area contributed by atoms with E-state index in [0.29, 0.717) is 0 Å². The Kier molecular flexibility index (Phi) is 13.4. The van der Waals surface area contributed by atoms with Crippen molar-refractivity contribution in [3.8, 4) is 0 Å². The lowest BCUT2D eigenvalue weighted by atomic mass is 9.97. The van der Waals surface area contributed by atoms with Gasteiger partial charge in [0, 0.05) is 0 Å². The van der Waals surface area contributed by atoms with E-state index in [1.165, 1.54) is 43.9 Å². The lowest BCUT2D eigenvalue weighted by Crippen LogP contribution is -2.64. The summed E-state index contributed by atoms with van der Waals surface area (Å²) in [4.78, 5) is 0. The summed E-state index contributed by atoms with van der Waals surface area (Å²) >= 11 is 1.37. The molecular weight excluding hydrogens is 456 g/mol. The molecule has 10 nitrogen and oxygen atoms in total. The van der Waals surface area contributed by atoms with Crippen molar-refractivity contribution in [3.63, 3.8) is 0 Å². The SMILES string of the molecule is CCCCCCCCCCSC1OC(CO)C(OC2OC(CO)C(O)C(O)C2O)C(O)C1O. The first-order valence-electron chi connectivity index (χ1n) is 12.1. The number of hydrogen-bond acceptors (Lipinski definition) is 11. The summed E-state index contributed by atoms with van der Waals surface area (Å²) < 4.78 is 16.6. The maximum Gasteiger partial charge on any atom is 0.187 e. The summed E-state index contributed by atoms with van der Waals surface area (Å²) in [5.41, 5.74) is -0.753. The molecule has 33 heavy (non-hydrogen) atoms. The Bertz CT molecular complexity index is 525. The Morgan fingerprint density at radius 2 is 1.27 bits per heavy atom. The fraction of sp³-hybridized carbons (Fsp3) is 1.00. The highest BCUT2D eigenvalue weighted by Crippen LogP contribution is 2.33. The second-order valence-electron chi connectivity index (χ2n) is 8.85. The molecule has 2 aliphatic heterocycles. The number of aliphatic hydroxyl groups excluding tert-OH is 7. The predicted octanol–water partition coefficient (Wildman–Crippen LogP) is -0.516. The highest BCUT2D eigenvalue weighted by atomic mass is 32.2. The lowest BCUT2D eigenvalue weighted by molar-refractivity contribution is -0.338. The molecule has 0 aromatic heterocycles. The summed E-state index contributed by atoms with van der Waals surface area (Å²) in [6.45, 7) is 1.06. The smallest absolute Gasteiger partial charge is 0.187 e. The van der Waals surface area contributed by atoms with Crippen LogP contribution in [0, 0.1) is 0 Å². The Morgan fingerprint density at radius 3 is 1.88 bits per heavy atom. The van der Waals surface area contributed by atoms with Crippen molar-refractivity contribution in [3.05, 3.63) is 0 Å². The first kappa shape index (κ1) is 29.2. The van der Waals surface area contributed by atoms with E-state index >= 15 is 0 Å². The molecule has 10 unspecified atom stereocenters. The molecular formula is C22H42O10S. The molecule has 7 N–H and O–H groups in total. The molecule has 11 heteroatoms. The number of ether oxygens (including phenoxy) is 3. The van der Waals surface area contributed by atoms with Crippen molar-refractivity contribution in [2.24, 2.45) is 0 Å². The van der Waals surface area contributed by atoms with Gasteiger partial charge in [0.25, 0.3) is 0 Å². The number of aliphatic hydroxyl groups is 7. The van der Waals surface area contributed by atoms with E-state index in [1.807, 2.05) is 0 Å². The van der Waals surface area contributed by atoms with E-state index in [0.717, 1.165) is 25.0 Å². The fourth-order valence-corrected chi connectivity index (χ4v) is 5.31.